The number of nitrogens with one attached hydrogen (secondary N) is 1. The summed E-state index contributed by atoms with van der Waals surface area (Å²) < 4.78 is 5.49. The van der Waals surface area contributed by atoms with Crippen molar-refractivity contribution in [1.29, 1.82) is 0 Å². The van der Waals surface area contributed by atoms with Gasteiger partial charge in [0.1, 0.15) is 11.9 Å². The molecule has 0 fully saturated rings. The molecule has 1 unspecified atom stereocenters. The molecule has 114 valence electrons. The van der Waals surface area contributed by atoms with Crippen molar-refractivity contribution >= 4 is 28.6 Å². The minimum atomic E-state index is -0.186. The molecule has 3 heterocycles. The van der Waals surface area contributed by atoms with Crippen molar-refractivity contribution in [3.63, 3.8) is 0 Å². The lowest BCUT2D eigenvalue weighted by Crippen LogP contribution is -2.18. The van der Waals surface area contributed by atoms with Crippen molar-refractivity contribution in [2.24, 2.45) is 0 Å². The van der Waals surface area contributed by atoms with E-state index < -0.39 is 0 Å². The number of nitrogens with two attached hydrogens (primary N) is 1. The lowest BCUT2D eigenvalue weighted by atomic mass is 10.1. The maximum atomic E-state index is 12.5. The van der Waals surface area contributed by atoms with Crippen LogP contribution in [0.4, 0.5) is 11.4 Å². The molecule has 0 radical (unpaired) electrons. The summed E-state index contributed by atoms with van der Waals surface area (Å²) in [4.78, 5) is 13.6. The van der Waals surface area contributed by atoms with Crippen LogP contribution in [0.15, 0.2) is 71.3 Å². The smallest absolute Gasteiger partial charge is 0.255 e. The average molecular weight is 322 g/mol. The van der Waals surface area contributed by atoms with Crippen LogP contribution in [0.5, 0.6) is 0 Å². The second kappa shape index (κ2) is 5.44. The van der Waals surface area contributed by atoms with Gasteiger partial charge in [-0.2, -0.15) is 0 Å². The summed E-state index contributed by atoms with van der Waals surface area (Å²) >= 11 is 1.65. The van der Waals surface area contributed by atoms with Crippen molar-refractivity contribution < 1.29 is 9.53 Å². The maximum Gasteiger partial charge on any atom is 0.255 e. The van der Waals surface area contributed by atoms with Gasteiger partial charge in [-0.3, -0.25) is 4.79 Å². The third kappa shape index (κ3) is 2.66. The van der Waals surface area contributed by atoms with E-state index in [-0.39, 0.29) is 12.0 Å². The van der Waals surface area contributed by atoms with Gasteiger partial charge in [-0.25, -0.2) is 0 Å². The molecule has 0 spiro atoms. The van der Waals surface area contributed by atoms with Crippen LogP contribution in [-0.4, -0.2) is 12.0 Å². The van der Waals surface area contributed by atoms with E-state index in [1.54, 1.807) is 23.5 Å². The van der Waals surface area contributed by atoms with Gasteiger partial charge in [0.05, 0.1) is 11.4 Å². The summed E-state index contributed by atoms with van der Waals surface area (Å²) in [5, 5.41) is 4.92. The van der Waals surface area contributed by atoms with E-state index in [1.807, 2.05) is 47.9 Å². The first kappa shape index (κ1) is 13.8. The number of carbonyl (C=O) groups excluding carboxylic acids is 1. The van der Waals surface area contributed by atoms with Gasteiger partial charge in [0.25, 0.3) is 5.91 Å². The van der Waals surface area contributed by atoms with Crippen LogP contribution >= 0.6 is 11.3 Å². The van der Waals surface area contributed by atoms with Gasteiger partial charge in [0.15, 0.2) is 0 Å². The Bertz CT molecular complexity index is 863. The summed E-state index contributed by atoms with van der Waals surface area (Å²) in [5.74, 6) is 0.525. The summed E-state index contributed by atoms with van der Waals surface area (Å²) in [5.41, 5.74) is 8.78. The van der Waals surface area contributed by atoms with Crippen LogP contribution in [0, 0.1) is 0 Å². The quantitative estimate of drug-likeness (QED) is 0.847. The summed E-state index contributed by atoms with van der Waals surface area (Å²) in [6, 6.07) is 9.70. The monoisotopic (exact) mass is 322 g/mol. The summed E-state index contributed by atoms with van der Waals surface area (Å²) in [6.45, 7) is 0. The predicted molar refractivity (Wildman–Crippen MR) is 93.0 cm³/mol. The molecule has 1 atom stereocenters. The van der Waals surface area contributed by atoms with Crippen molar-refractivity contribution in [2.75, 3.05) is 11.1 Å². The lowest BCUT2D eigenvalue weighted by Gasteiger charge is -2.15. The van der Waals surface area contributed by atoms with Gasteiger partial charge in [0.2, 0.25) is 0 Å². The van der Waals surface area contributed by atoms with E-state index in [0.29, 0.717) is 22.7 Å². The van der Waals surface area contributed by atoms with Gasteiger partial charge in [-0.15, -0.1) is 11.3 Å². The molecule has 2 aromatic rings. The Hall–Kier alpha value is -2.79. The Balaban J connectivity index is 1.59. The van der Waals surface area contributed by atoms with Crippen LogP contribution in [0.25, 0.3) is 10.4 Å². The first-order valence-electron chi connectivity index (χ1n) is 7.22. The molecule has 4 nitrogen and oxygen atoms in total. The zero-order valence-corrected chi connectivity index (χ0v) is 13.0. The molecule has 4 rings (SSSR count). The molecule has 0 saturated carbocycles. The SMILES string of the molecule is Nc1ccc(-c2cccs2)cc1NC(=O)C1=CC2C=CC(=C1)O2. The van der Waals surface area contributed by atoms with Crippen LogP contribution in [-0.2, 0) is 9.53 Å². The molecule has 2 aliphatic heterocycles. The highest BCUT2D eigenvalue weighted by molar-refractivity contribution is 7.13. The molecule has 3 N–H and O–H groups in total. The number of nitrogen functional groups attached to an aromatic ring is 1. The zero-order valence-electron chi connectivity index (χ0n) is 12.2. The van der Waals surface area contributed by atoms with Gasteiger partial charge in [0, 0.05) is 10.5 Å². The number of ether oxygens (including phenoxy) is 1. The Kier molecular flexibility index (Phi) is 3.28. The minimum Gasteiger partial charge on any atom is -0.482 e. The highest BCUT2D eigenvalue weighted by atomic mass is 32.1. The Morgan fingerprint density at radius 1 is 1.30 bits per heavy atom. The number of hydrogen-bond acceptors (Lipinski definition) is 4. The highest BCUT2D eigenvalue weighted by Crippen LogP contribution is 2.31. The number of allylic oxidation sites excluding steroid dienone is 1. The first-order valence-corrected chi connectivity index (χ1v) is 8.10. The van der Waals surface area contributed by atoms with Crippen molar-refractivity contribution in [3.8, 4) is 10.4 Å². The third-order valence-corrected chi connectivity index (χ3v) is 4.65. The Labute approximate surface area is 137 Å². The first-order chi connectivity index (χ1) is 11.2. The van der Waals surface area contributed by atoms with Crippen LogP contribution in [0.3, 0.4) is 0 Å². The number of anilines is 2. The standard InChI is InChI=1S/C18H14N2O2S/c19-15-6-3-11(17-2-1-7-23-17)10-16(15)20-18(21)12-8-13-4-5-14(9-12)22-13/h1-10,13H,19H2,(H,20,21). The molecule has 1 amide bonds. The van der Waals surface area contributed by atoms with Gasteiger partial charge >= 0.3 is 0 Å². The van der Waals surface area contributed by atoms with E-state index in [1.165, 1.54) is 0 Å². The molecular weight excluding hydrogens is 308 g/mol. The van der Waals surface area contributed by atoms with E-state index >= 15 is 0 Å². The molecular formula is C18H14N2O2S. The fraction of sp³-hybridized carbons (Fsp3) is 0.0556. The molecule has 0 aliphatic carbocycles. The molecule has 1 aromatic carbocycles. The topological polar surface area (TPSA) is 64.3 Å². The second-order valence-corrected chi connectivity index (χ2v) is 6.29. The number of hydrogen-bond donors (Lipinski definition) is 2. The molecule has 5 heteroatoms. The second-order valence-electron chi connectivity index (χ2n) is 5.34. The van der Waals surface area contributed by atoms with E-state index in [2.05, 4.69) is 5.32 Å². The van der Waals surface area contributed by atoms with Crippen LogP contribution in [0.2, 0.25) is 0 Å². The molecule has 2 bridgehead atoms. The van der Waals surface area contributed by atoms with Crippen LogP contribution in [0.1, 0.15) is 0 Å². The molecule has 23 heavy (non-hydrogen) atoms. The molecule has 2 aliphatic rings. The number of benzene rings is 1. The van der Waals surface area contributed by atoms with Crippen molar-refractivity contribution in [3.05, 3.63) is 71.3 Å². The highest BCUT2D eigenvalue weighted by Gasteiger charge is 2.21. The Morgan fingerprint density at radius 3 is 3.00 bits per heavy atom. The maximum absolute atomic E-state index is 12.5. The number of rotatable bonds is 3. The lowest BCUT2D eigenvalue weighted by molar-refractivity contribution is -0.112. The Morgan fingerprint density at radius 2 is 2.22 bits per heavy atom. The minimum absolute atomic E-state index is 0.148. The van der Waals surface area contributed by atoms with E-state index in [4.69, 9.17) is 10.5 Å². The number of carbonyl (C=O) groups is 1. The number of thiophene rings is 1. The fourth-order valence-corrected chi connectivity index (χ4v) is 3.30. The number of amides is 1. The molecule has 0 saturated heterocycles. The normalized spacial score (nSPS) is 18.2. The number of fused-ring (bicyclic) bond motifs is 2. The van der Waals surface area contributed by atoms with E-state index in [0.717, 1.165) is 10.4 Å². The fourth-order valence-electron chi connectivity index (χ4n) is 2.57. The van der Waals surface area contributed by atoms with E-state index in [9.17, 15) is 4.79 Å². The van der Waals surface area contributed by atoms with Crippen molar-refractivity contribution in [2.45, 2.75) is 6.10 Å². The zero-order chi connectivity index (χ0) is 15.8. The molecule has 1 aromatic heterocycles. The summed E-state index contributed by atoms with van der Waals surface area (Å²) in [6.07, 6.45) is 7.16. The van der Waals surface area contributed by atoms with Crippen molar-refractivity contribution in [1.82, 2.24) is 0 Å². The largest absolute Gasteiger partial charge is 0.482 e. The summed E-state index contributed by atoms with van der Waals surface area (Å²) in [7, 11) is 0. The average Bonchev–Trinajstić information content (AvgIpc) is 3.19. The predicted octanol–water partition coefficient (Wildman–Crippen LogP) is 3.71. The van der Waals surface area contributed by atoms with Gasteiger partial charge in [-0.1, -0.05) is 12.1 Å². The van der Waals surface area contributed by atoms with Gasteiger partial charge < -0.3 is 15.8 Å². The van der Waals surface area contributed by atoms with Crippen LogP contribution < -0.4 is 11.1 Å². The third-order valence-electron chi connectivity index (χ3n) is 3.73. The van der Waals surface area contributed by atoms with Gasteiger partial charge in [-0.05, 0) is 53.4 Å².